The number of hydrogen-bond donors (Lipinski definition) is 2. The molecule has 1 amide bonds. The van der Waals surface area contributed by atoms with Crippen LogP contribution in [0.25, 0.3) is 0 Å². The summed E-state index contributed by atoms with van der Waals surface area (Å²) >= 11 is 0. The summed E-state index contributed by atoms with van der Waals surface area (Å²) in [6, 6.07) is 13.3. The number of carbonyl (C=O) groups excluding carboxylic acids is 1. The van der Waals surface area contributed by atoms with Crippen molar-refractivity contribution in [1.82, 2.24) is 5.32 Å². The van der Waals surface area contributed by atoms with E-state index in [0.717, 1.165) is 5.56 Å². The normalized spacial score (nSPS) is 18.7. The van der Waals surface area contributed by atoms with Gasteiger partial charge in [0.15, 0.2) is 6.10 Å². The topological polar surface area (TPSA) is 58.6 Å². The molecule has 120 valence electrons. The summed E-state index contributed by atoms with van der Waals surface area (Å²) in [7, 11) is 0. The first kappa shape index (κ1) is 15.5. The van der Waals surface area contributed by atoms with E-state index in [1.807, 2.05) is 18.2 Å². The van der Waals surface area contributed by atoms with Crippen molar-refractivity contribution in [1.29, 1.82) is 0 Å². The summed E-state index contributed by atoms with van der Waals surface area (Å²) in [6.45, 7) is 1.71. The van der Waals surface area contributed by atoms with Crippen molar-refractivity contribution in [3.05, 3.63) is 65.5 Å². The number of carbonyl (C=O) groups is 1. The van der Waals surface area contributed by atoms with Gasteiger partial charge in [0.1, 0.15) is 17.2 Å². The third-order valence-corrected chi connectivity index (χ3v) is 3.99. The number of nitrogens with one attached hydrogen (secondary N) is 1. The van der Waals surface area contributed by atoms with Crippen LogP contribution in [0.2, 0.25) is 0 Å². The number of halogens is 1. The first-order valence-corrected chi connectivity index (χ1v) is 7.46. The van der Waals surface area contributed by atoms with Gasteiger partial charge in [0, 0.05) is 12.0 Å². The minimum Gasteiger partial charge on any atom is -0.480 e. The molecule has 2 atom stereocenters. The third kappa shape index (κ3) is 3.35. The van der Waals surface area contributed by atoms with Crippen molar-refractivity contribution in [3.63, 3.8) is 0 Å². The van der Waals surface area contributed by atoms with Gasteiger partial charge in [-0.05, 0) is 30.7 Å². The highest BCUT2D eigenvalue weighted by Gasteiger charge is 2.31. The summed E-state index contributed by atoms with van der Waals surface area (Å²) < 4.78 is 18.7. The van der Waals surface area contributed by atoms with Crippen molar-refractivity contribution < 1.29 is 19.0 Å². The minimum atomic E-state index is -1.17. The van der Waals surface area contributed by atoms with Crippen LogP contribution in [0.3, 0.4) is 0 Å². The highest BCUT2D eigenvalue weighted by atomic mass is 19.1. The molecule has 0 saturated heterocycles. The lowest BCUT2D eigenvalue weighted by atomic mass is 9.96. The maximum absolute atomic E-state index is 13.2. The number of aliphatic hydroxyl groups is 1. The van der Waals surface area contributed by atoms with Crippen molar-refractivity contribution in [2.24, 2.45) is 0 Å². The van der Waals surface area contributed by atoms with Crippen molar-refractivity contribution in [2.75, 3.05) is 6.54 Å². The van der Waals surface area contributed by atoms with E-state index in [0.29, 0.717) is 17.7 Å². The SMILES string of the molecule is CC(O)(CNC(=O)C1Cc2cc(F)ccc2O1)c1ccccc1. The van der Waals surface area contributed by atoms with Crippen LogP contribution in [0.1, 0.15) is 18.1 Å². The summed E-state index contributed by atoms with van der Waals surface area (Å²) in [4.78, 5) is 12.2. The average Bonchev–Trinajstić information content (AvgIpc) is 2.96. The number of benzene rings is 2. The molecule has 2 unspecified atom stereocenters. The number of ether oxygens (including phenoxy) is 1. The van der Waals surface area contributed by atoms with Gasteiger partial charge in [-0.2, -0.15) is 0 Å². The molecule has 2 aromatic rings. The number of hydrogen-bond acceptors (Lipinski definition) is 3. The molecule has 1 aliphatic heterocycles. The molecule has 0 radical (unpaired) electrons. The van der Waals surface area contributed by atoms with Gasteiger partial charge < -0.3 is 15.2 Å². The predicted octanol–water partition coefficient (Wildman–Crippen LogP) is 2.15. The van der Waals surface area contributed by atoms with E-state index in [4.69, 9.17) is 4.74 Å². The Balaban J connectivity index is 1.61. The predicted molar refractivity (Wildman–Crippen MR) is 83.5 cm³/mol. The molecule has 0 fully saturated rings. The van der Waals surface area contributed by atoms with Crippen LogP contribution < -0.4 is 10.1 Å². The Morgan fingerprint density at radius 2 is 2.09 bits per heavy atom. The fourth-order valence-corrected chi connectivity index (χ4v) is 2.64. The molecule has 5 heteroatoms. The molecule has 3 rings (SSSR count). The molecule has 1 aliphatic rings. The van der Waals surface area contributed by atoms with Crippen molar-refractivity contribution >= 4 is 5.91 Å². The molecule has 0 bridgehead atoms. The molecule has 4 nitrogen and oxygen atoms in total. The Labute approximate surface area is 133 Å². The molecule has 2 aromatic carbocycles. The molecule has 0 aromatic heterocycles. The maximum Gasteiger partial charge on any atom is 0.261 e. The van der Waals surface area contributed by atoms with Crippen LogP contribution in [0, 0.1) is 5.82 Å². The van der Waals surface area contributed by atoms with E-state index in [1.54, 1.807) is 19.1 Å². The molecule has 2 N–H and O–H groups in total. The zero-order valence-electron chi connectivity index (χ0n) is 12.8. The van der Waals surface area contributed by atoms with E-state index in [2.05, 4.69) is 5.32 Å². The fourth-order valence-electron chi connectivity index (χ4n) is 2.64. The molecular formula is C18H18FNO3. The number of fused-ring (bicyclic) bond motifs is 1. The fraction of sp³-hybridized carbons (Fsp3) is 0.278. The number of amides is 1. The van der Waals surface area contributed by atoms with E-state index in [-0.39, 0.29) is 18.3 Å². The van der Waals surface area contributed by atoms with Gasteiger partial charge in [-0.15, -0.1) is 0 Å². The first-order valence-electron chi connectivity index (χ1n) is 7.46. The Morgan fingerprint density at radius 3 is 2.83 bits per heavy atom. The smallest absolute Gasteiger partial charge is 0.261 e. The lowest BCUT2D eigenvalue weighted by molar-refractivity contribution is -0.128. The Kier molecular flexibility index (Phi) is 4.05. The van der Waals surface area contributed by atoms with E-state index < -0.39 is 11.7 Å². The number of rotatable bonds is 4. The second-order valence-electron chi connectivity index (χ2n) is 5.92. The lowest BCUT2D eigenvalue weighted by Gasteiger charge is -2.25. The molecular weight excluding hydrogens is 297 g/mol. The van der Waals surface area contributed by atoms with Crippen molar-refractivity contribution in [3.8, 4) is 5.75 Å². The van der Waals surface area contributed by atoms with E-state index >= 15 is 0 Å². The van der Waals surface area contributed by atoms with Gasteiger partial charge in [0.05, 0.1) is 6.54 Å². The second-order valence-corrected chi connectivity index (χ2v) is 5.92. The van der Waals surface area contributed by atoms with Crippen LogP contribution in [0.15, 0.2) is 48.5 Å². The Bertz CT molecular complexity index is 715. The zero-order chi connectivity index (χ0) is 16.4. The average molecular weight is 315 g/mol. The lowest BCUT2D eigenvalue weighted by Crippen LogP contribution is -2.44. The molecule has 0 aliphatic carbocycles. The molecule has 0 saturated carbocycles. The van der Waals surface area contributed by atoms with Crippen LogP contribution in [0.5, 0.6) is 5.75 Å². The highest BCUT2D eigenvalue weighted by Crippen LogP contribution is 2.29. The molecule has 23 heavy (non-hydrogen) atoms. The van der Waals surface area contributed by atoms with Crippen LogP contribution in [-0.2, 0) is 16.8 Å². The van der Waals surface area contributed by atoms with Crippen LogP contribution in [-0.4, -0.2) is 23.7 Å². The largest absolute Gasteiger partial charge is 0.480 e. The quantitative estimate of drug-likeness (QED) is 0.909. The monoisotopic (exact) mass is 315 g/mol. The summed E-state index contributed by atoms with van der Waals surface area (Å²) in [6.07, 6.45) is -0.370. The first-order chi connectivity index (χ1) is 11.0. The maximum atomic E-state index is 13.2. The molecule has 1 heterocycles. The van der Waals surface area contributed by atoms with Crippen LogP contribution in [0.4, 0.5) is 4.39 Å². The third-order valence-electron chi connectivity index (χ3n) is 3.99. The van der Waals surface area contributed by atoms with E-state index in [9.17, 15) is 14.3 Å². The summed E-state index contributed by atoms with van der Waals surface area (Å²) in [5.74, 6) is -0.139. The molecule has 0 spiro atoms. The second kappa shape index (κ2) is 6.01. The summed E-state index contributed by atoms with van der Waals surface area (Å²) in [5, 5.41) is 13.2. The van der Waals surface area contributed by atoms with E-state index in [1.165, 1.54) is 18.2 Å². The van der Waals surface area contributed by atoms with Gasteiger partial charge in [-0.3, -0.25) is 4.79 Å². The summed E-state index contributed by atoms with van der Waals surface area (Å²) in [5.41, 5.74) is 0.229. The van der Waals surface area contributed by atoms with Gasteiger partial charge >= 0.3 is 0 Å². The van der Waals surface area contributed by atoms with Crippen LogP contribution >= 0.6 is 0 Å². The van der Waals surface area contributed by atoms with Gasteiger partial charge in [-0.1, -0.05) is 30.3 Å². The Morgan fingerprint density at radius 1 is 1.35 bits per heavy atom. The standard InChI is InChI=1S/C18H18FNO3/c1-18(22,13-5-3-2-4-6-13)11-20-17(21)16-10-12-9-14(19)7-8-15(12)23-16/h2-9,16,22H,10-11H2,1H3,(H,20,21). The highest BCUT2D eigenvalue weighted by molar-refractivity contribution is 5.82. The van der Waals surface area contributed by atoms with Gasteiger partial charge in [-0.25, -0.2) is 4.39 Å². The van der Waals surface area contributed by atoms with Gasteiger partial charge in [0.2, 0.25) is 0 Å². The zero-order valence-corrected chi connectivity index (χ0v) is 12.8. The Hall–Kier alpha value is -2.40. The van der Waals surface area contributed by atoms with Gasteiger partial charge in [0.25, 0.3) is 5.91 Å². The van der Waals surface area contributed by atoms with Crippen molar-refractivity contribution in [2.45, 2.75) is 25.0 Å². The minimum absolute atomic E-state index is 0.0699.